The highest BCUT2D eigenvalue weighted by atomic mass is 16.6. The van der Waals surface area contributed by atoms with Gasteiger partial charge < -0.3 is 25.0 Å². The van der Waals surface area contributed by atoms with Gasteiger partial charge in [0.1, 0.15) is 18.3 Å². The molecule has 2 aliphatic heterocycles. The molecule has 6 heteroatoms. The number of amides is 1. The zero-order chi connectivity index (χ0) is 14.3. The predicted molar refractivity (Wildman–Crippen MR) is 68.9 cm³/mol. The highest BCUT2D eigenvalue weighted by molar-refractivity contribution is 5.96. The Morgan fingerprint density at radius 3 is 2.70 bits per heavy atom. The Bertz CT molecular complexity index is 520. The number of hydrogen-bond donors (Lipinski definition) is 3. The number of fused-ring (bicyclic) bond motifs is 1. The molecule has 0 bridgehead atoms. The van der Waals surface area contributed by atoms with Crippen LogP contribution in [0.1, 0.15) is 15.9 Å². The summed E-state index contributed by atoms with van der Waals surface area (Å²) < 4.78 is 5.42. The van der Waals surface area contributed by atoms with Crippen LogP contribution in [-0.4, -0.2) is 63.8 Å². The van der Waals surface area contributed by atoms with Gasteiger partial charge in [0.15, 0.2) is 6.23 Å². The second kappa shape index (κ2) is 5.14. The first kappa shape index (κ1) is 13.5. The van der Waals surface area contributed by atoms with Crippen LogP contribution in [0.3, 0.4) is 0 Å². The summed E-state index contributed by atoms with van der Waals surface area (Å²) in [6.45, 7) is 0.0236. The molecule has 20 heavy (non-hydrogen) atoms. The van der Waals surface area contributed by atoms with Crippen LogP contribution in [0.4, 0.5) is 0 Å². The van der Waals surface area contributed by atoms with E-state index in [-0.39, 0.29) is 5.91 Å². The van der Waals surface area contributed by atoms with Gasteiger partial charge in [0.2, 0.25) is 0 Å². The van der Waals surface area contributed by atoms with Gasteiger partial charge in [-0.1, -0.05) is 18.2 Å². The number of rotatable bonds is 2. The molecule has 1 aromatic carbocycles. The number of benzene rings is 1. The molecule has 0 spiro atoms. The molecule has 0 unspecified atom stereocenters. The first-order valence-electron chi connectivity index (χ1n) is 6.65. The van der Waals surface area contributed by atoms with Gasteiger partial charge in [-0.25, -0.2) is 0 Å². The SMILES string of the molecule is O=C1c2ccccc2CCN1[C@@H]1O[C@H](CO)[C@@H](O)[C@@H]1O. The van der Waals surface area contributed by atoms with Crippen LogP contribution in [0.5, 0.6) is 0 Å². The summed E-state index contributed by atoms with van der Waals surface area (Å²) in [7, 11) is 0. The number of carbonyl (C=O) groups excluding carboxylic acids is 1. The Hall–Kier alpha value is -1.47. The number of hydrogen-bond acceptors (Lipinski definition) is 5. The van der Waals surface area contributed by atoms with E-state index in [4.69, 9.17) is 9.84 Å². The van der Waals surface area contributed by atoms with Crippen molar-refractivity contribution in [2.24, 2.45) is 0 Å². The van der Waals surface area contributed by atoms with Crippen molar-refractivity contribution in [3.05, 3.63) is 35.4 Å². The second-order valence-corrected chi connectivity index (χ2v) is 5.13. The summed E-state index contributed by atoms with van der Waals surface area (Å²) in [6, 6.07) is 7.32. The Balaban J connectivity index is 1.85. The molecule has 108 valence electrons. The number of nitrogens with zero attached hydrogens (tertiary/aromatic N) is 1. The average Bonchev–Trinajstić information content (AvgIpc) is 2.76. The van der Waals surface area contributed by atoms with Gasteiger partial charge in [-0.05, 0) is 18.1 Å². The molecule has 2 aliphatic rings. The molecule has 0 aliphatic carbocycles. The van der Waals surface area contributed by atoms with E-state index in [0.717, 1.165) is 5.56 Å². The average molecular weight is 279 g/mol. The van der Waals surface area contributed by atoms with E-state index in [1.165, 1.54) is 4.90 Å². The molecule has 1 saturated heterocycles. The molecule has 0 saturated carbocycles. The fourth-order valence-electron chi connectivity index (χ4n) is 2.82. The first-order valence-corrected chi connectivity index (χ1v) is 6.65. The van der Waals surface area contributed by atoms with Gasteiger partial charge in [-0.15, -0.1) is 0 Å². The molecule has 3 rings (SSSR count). The van der Waals surface area contributed by atoms with Gasteiger partial charge in [0.05, 0.1) is 6.61 Å². The van der Waals surface area contributed by atoms with Gasteiger partial charge in [0, 0.05) is 12.1 Å². The number of ether oxygens (including phenoxy) is 1. The van der Waals surface area contributed by atoms with Crippen molar-refractivity contribution in [2.45, 2.75) is 31.0 Å². The summed E-state index contributed by atoms with van der Waals surface area (Å²) in [6.07, 6.45) is -3.49. The molecule has 1 aromatic rings. The van der Waals surface area contributed by atoms with E-state index in [1.54, 1.807) is 12.1 Å². The van der Waals surface area contributed by atoms with Gasteiger partial charge >= 0.3 is 0 Å². The van der Waals surface area contributed by atoms with Crippen molar-refractivity contribution in [1.82, 2.24) is 4.90 Å². The summed E-state index contributed by atoms with van der Waals surface area (Å²) in [5.74, 6) is -0.221. The third-order valence-electron chi connectivity index (χ3n) is 3.96. The minimum atomic E-state index is -1.21. The Kier molecular flexibility index (Phi) is 3.47. The molecule has 0 aromatic heterocycles. The quantitative estimate of drug-likeness (QED) is 0.654. The normalized spacial score (nSPS) is 33.4. The summed E-state index contributed by atoms with van der Waals surface area (Å²) >= 11 is 0. The summed E-state index contributed by atoms with van der Waals surface area (Å²) in [5.41, 5.74) is 1.57. The van der Waals surface area contributed by atoms with E-state index in [2.05, 4.69) is 0 Å². The van der Waals surface area contributed by atoms with Crippen molar-refractivity contribution in [3.8, 4) is 0 Å². The van der Waals surface area contributed by atoms with Crippen LogP contribution in [0, 0.1) is 0 Å². The molecule has 4 atom stereocenters. The van der Waals surface area contributed by atoms with Gasteiger partial charge in [-0.2, -0.15) is 0 Å². The maximum Gasteiger partial charge on any atom is 0.256 e. The number of carbonyl (C=O) groups is 1. The topological polar surface area (TPSA) is 90.2 Å². The Morgan fingerprint density at radius 2 is 2.00 bits per heavy atom. The maximum atomic E-state index is 12.4. The smallest absolute Gasteiger partial charge is 0.256 e. The fraction of sp³-hybridized carbons (Fsp3) is 0.500. The molecular weight excluding hydrogens is 262 g/mol. The van der Waals surface area contributed by atoms with Crippen molar-refractivity contribution in [1.29, 1.82) is 0 Å². The van der Waals surface area contributed by atoms with E-state index in [0.29, 0.717) is 18.5 Å². The van der Waals surface area contributed by atoms with Gasteiger partial charge in [0.25, 0.3) is 5.91 Å². The lowest BCUT2D eigenvalue weighted by atomic mass is 9.98. The van der Waals surface area contributed by atoms with Crippen LogP contribution in [0.2, 0.25) is 0 Å². The van der Waals surface area contributed by atoms with Crippen LogP contribution < -0.4 is 0 Å². The highest BCUT2D eigenvalue weighted by Gasteiger charge is 2.47. The summed E-state index contributed by atoms with van der Waals surface area (Å²) in [4.78, 5) is 13.9. The van der Waals surface area contributed by atoms with Crippen molar-refractivity contribution in [2.75, 3.05) is 13.2 Å². The summed E-state index contributed by atoms with van der Waals surface area (Å²) in [5, 5.41) is 28.9. The van der Waals surface area contributed by atoms with E-state index in [1.807, 2.05) is 12.1 Å². The molecule has 1 amide bonds. The fourth-order valence-corrected chi connectivity index (χ4v) is 2.82. The highest BCUT2D eigenvalue weighted by Crippen LogP contribution is 2.28. The minimum Gasteiger partial charge on any atom is -0.394 e. The maximum absolute atomic E-state index is 12.4. The molecule has 1 fully saturated rings. The first-order chi connectivity index (χ1) is 9.63. The number of aliphatic hydroxyl groups excluding tert-OH is 3. The standard InChI is InChI=1S/C14H17NO5/c16-7-10-11(17)12(18)14(20-10)15-6-5-8-3-1-2-4-9(8)13(15)19/h1-4,10-12,14,16-18H,5-7H2/t10-,11-,12+,14-/m1/s1. The zero-order valence-corrected chi connectivity index (χ0v) is 10.8. The zero-order valence-electron chi connectivity index (χ0n) is 10.8. The molecule has 6 nitrogen and oxygen atoms in total. The largest absolute Gasteiger partial charge is 0.394 e. The third-order valence-corrected chi connectivity index (χ3v) is 3.96. The second-order valence-electron chi connectivity index (χ2n) is 5.13. The predicted octanol–water partition coefficient (Wildman–Crippen LogP) is -0.876. The van der Waals surface area contributed by atoms with E-state index < -0.39 is 31.1 Å². The number of aliphatic hydroxyl groups is 3. The van der Waals surface area contributed by atoms with E-state index in [9.17, 15) is 15.0 Å². The Labute approximate surface area is 116 Å². The molecule has 3 N–H and O–H groups in total. The van der Waals surface area contributed by atoms with Crippen LogP contribution in [0.15, 0.2) is 24.3 Å². The van der Waals surface area contributed by atoms with Crippen molar-refractivity contribution >= 4 is 5.91 Å². The van der Waals surface area contributed by atoms with Crippen LogP contribution in [-0.2, 0) is 11.2 Å². The van der Waals surface area contributed by atoms with Crippen LogP contribution >= 0.6 is 0 Å². The lowest BCUT2D eigenvalue weighted by Crippen LogP contribution is -2.50. The van der Waals surface area contributed by atoms with Crippen LogP contribution in [0.25, 0.3) is 0 Å². The van der Waals surface area contributed by atoms with Crippen molar-refractivity contribution in [3.63, 3.8) is 0 Å². The lowest BCUT2D eigenvalue weighted by Gasteiger charge is -2.34. The molecule has 0 radical (unpaired) electrons. The minimum absolute atomic E-state index is 0.221. The third kappa shape index (κ3) is 2.01. The van der Waals surface area contributed by atoms with E-state index >= 15 is 0 Å². The Morgan fingerprint density at radius 1 is 1.25 bits per heavy atom. The van der Waals surface area contributed by atoms with Gasteiger partial charge in [-0.3, -0.25) is 4.79 Å². The molecular formula is C14H17NO5. The lowest BCUT2D eigenvalue weighted by molar-refractivity contribution is -0.0840. The van der Waals surface area contributed by atoms with Crippen molar-refractivity contribution < 1.29 is 24.9 Å². The monoisotopic (exact) mass is 279 g/mol. The molecule has 2 heterocycles.